The monoisotopic (exact) mass is 461 g/mol. The molecule has 1 aromatic rings. The summed E-state index contributed by atoms with van der Waals surface area (Å²) < 4.78 is -0.514. The van der Waals surface area contributed by atoms with E-state index in [1.54, 1.807) is 22.7 Å². The van der Waals surface area contributed by atoms with E-state index in [4.69, 9.17) is 0 Å². The minimum atomic E-state index is -0.750. The standard InChI is InChI=1S/C24H35N3O4S/c1-7-14(4)18(20(29)25-17(12-28)13(2)3)26-21(30)19-24(5,6)32-23-16-11-9-8-10-15(16)22(31)27(19)23/h8-11,13-14,17-19,23,28H,7,12H2,1-6H3,(H,25,29)(H,26,30)/t14-,17+,18-,19+,23-/m0/s1. The molecule has 2 aliphatic rings. The van der Waals surface area contributed by atoms with Crippen molar-refractivity contribution in [3.8, 4) is 0 Å². The van der Waals surface area contributed by atoms with Gasteiger partial charge in [-0.2, -0.15) is 0 Å². The topological polar surface area (TPSA) is 98.7 Å². The van der Waals surface area contributed by atoms with Crippen molar-refractivity contribution in [1.82, 2.24) is 15.5 Å². The molecule has 3 rings (SSSR count). The molecule has 0 aliphatic carbocycles. The summed E-state index contributed by atoms with van der Waals surface area (Å²) in [6, 6.07) is 5.65. The van der Waals surface area contributed by atoms with Crippen LogP contribution in [0.5, 0.6) is 0 Å². The van der Waals surface area contributed by atoms with Crippen LogP contribution in [0.3, 0.4) is 0 Å². The Morgan fingerprint density at radius 2 is 1.84 bits per heavy atom. The van der Waals surface area contributed by atoms with E-state index in [0.717, 1.165) is 5.56 Å². The highest BCUT2D eigenvalue weighted by atomic mass is 32.2. The molecule has 0 radical (unpaired) electrons. The summed E-state index contributed by atoms with van der Waals surface area (Å²) in [6.45, 7) is 11.5. The third kappa shape index (κ3) is 4.39. The Kier molecular flexibility index (Phi) is 7.25. The number of thioether (sulfide) groups is 1. The Morgan fingerprint density at radius 3 is 2.44 bits per heavy atom. The second-order valence-corrected chi connectivity index (χ2v) is 11.4. The predicted octanol–water partition coefficient (Wildman–Crippen LogP) is 2.70. The molecule has 5 atom stereocenters. The fraction of sp³-hybridized carbons (Fsp3) is 0.625. The van der Waals surface area contributed by atoms with E-state index in [0.29, 0.717) is 12.0 Å². The SMILES string of the molecule is CC[C@H](C)[C@H](NC(=O)[C@H]1N2C(=O)c3ccccc3[C@@H]2SC1(C)C)C(=O)N[C@H](CO)C(C)C. The number of nitrogens with one attached hydrogen (secondary N) is 2. The van der Waals surface area contributed by atoms with Crippen LogP contribution in [-0.4, -0.2) is 57.2 Å². The molecule has 2 aliphatic heterocycles. The number of carbonyl (C=O) groups is 3. The number of benzene rings is 1. The number of fused-ring (bicyclic) bond motifs is 3. The zero-order chi connectivity index (χ0) is 23.8. The number of amides is 3. The minimum Gasteiger partial charge on any atom is -0.394 e. The van der Waals surface area contributed by atoms with Gasteiger partial charge in [0, 0.05) is 10.3 Å². The number of rotatable bonds is 8. The van der Waals surface area contributed by atoms with Crippen molar-refractivity contribution in [3.63, 3.8) is 0 Å². The first-order chi connectivity index (χ1) is 15.0. The molecule has 1 saturated heterocycles. The Labute approximate surface area is 194 Å². The van der Waals surface area contributed by atoms with E-state index in [2.05, 4.69) is 10.6 Å². The summed E-state index contributed by atoms with van der Waals surface area (Å²) in [5.41, 5.74) is 1.57. The van der Waals surface area contributed by atoms with E-state index in [9.17, 15) is 19.5 Å². The third-order valence-corrected chi connectivity index (χ3v) is 8.20. The Balaban J connectivity index is 1.84. The molecule has 8 heteroatoms. The average molecular weight is 462 g/mol. The van der Waals surface area contributed by atoms with Crippen molar-refractivity contribution in [2.75, 3.05) is 6.61 Å². The number of aliphatic hydroxyl groups is 1. The fourth-order valence-electron chi connectivity index (χ4n) is 4.43. The van der Waals surface area contributed by atoms with Crippen LogP contribution >= 0.6 is 11.8 Å². The summed E-state index contributed by atoms with van der Waals surface area (Å²) >= 11 is 1.60. The van der Waals surface area contributed by atoms with Gasteiger partial charge in [0.1, 0.15) is 17.5 Å². The van der Waals surface area contributed by atoms with Gasteiger partial charge in [-0.15, -0.1) is 11.8 Å². The molecular weight excluding hydrogens is 426 g/mol. The molecule has 0 unspecified atom stereocenters. The first-order valence-corrected chi connectivity index (χ1v) is 12.2. The van der Waals surface area contributed by atoms with Gasteiger partial charge in [-0.1, -0.05) is 52.3 Å². The summed E-state index contributed by atoms with van der Waals surface area (Å²) in [7, 11) is 0. The summed E-state index contributed by atoms with van der Waals surface area (Å²) in [6.07, 6.45) is 0.698. The lowest BCUT2D eigenvalue weighted by atomic mass is 9.95. The lowest BCUT2D eigenvalue weighted by Gasteiger charge is -2.33. The average Bonchev–Trinajstić information content (AvgIpc) is 3.18. The fourth-order valence-corrected chi connectivity index (χ4v) is 6.02. The normalized spacial score (nSPS) is 24.0. The highest BCUT2D eigenvalue weighted by Gasteiger charge is 2.57. The highest BCUT2D eigenvalue weighted by Crippen LogP contribution is 2.56. The van der Waals surface area contributed by atoms with Crippen molar-refractivity contribution >= 4 is 29.5 Å². The Bertz CT molecular complexity index is 888. The number of carbonyl (C=O) groups excluding carboxylic acids is 3. The summed E-state index contributed by atoms with van der Waals surface area (Å²) in [4.78, 5) is 41.5. The largest absolute Gasteiger partial charge is 0.394 e. The van der Waals surface area contributed by atoms with Gasteiger partial charge in [-0.3, -0.25) is 14.4 Å². The quantitative estimate of drug-likeness (QED) is 0.553. The molecular formula is C24H35N3O4S. The van der Waals surface area contributed by atoms with Crippen molar-refractivity contribution in [2.45, 2.75) is 76.2 Å². The van der Waals surface area contributed by atoms with E-state index >= 15 is 0 Å². The van der Waals surface area contributed by atoms with Crippen LogP contribution in [-0.2, 0) is 9.59 Å². The van der Waals surface area contributed by atoms with Crippen molar-refractivity contribution in [1.29, 1.82) is 0 Å². The van der Waals surface area contributed by atoms with E-state index < -0.39 is 16.8 Å². The van der Waals surface area contributed by atoms with Gasteiger partial charge in [-0.05, 0) is 37.3 Å². The van der Waals surface area contributed by atoms with E-state index in [-0.39, 0.29) is 47.6 Å². The number of hydrogen-bond acceptors (Lipinski definition) is 5. The molecule has 32 heavy (non-hydrogen) atoms. The number of nitrogens with zero attached hydrogens (tertiary/aromatic N) is 1. The van der Waals surface area contributed by atoms with Crippen LogP contribution < -0.4 is 10.6 Å². The second-order valence-electron chi connectivity index (χ2n) is 9.69. The van der Waals surface area contributed by atoms with Gasteiger partial charge < -0.3 is 20.6 Å². The zero-order valence-corrected chi connectivity index (χ0v) is 20.5. The molecule has 0 aromatic heterocycles. The van der Waals surface area contributed by atoms with Crippen LogP contribution in [0.2, 0.25) is 0 Å². The molecule has 0 bridgehead atoms. The first-order valence-electron chi connectivity index (χ1n) is 11.3. The van der Waals surface area contributed by atoms with Gasteiger partial charge in [0.05, 0.1) is 12.6 Å². The predicted molar refractivity (Wildman–Crippen MR) is 126 cm³/mol. The molecule has 7 nitrogen and oxygen atoms in total. The van der Waals surface area contributed by atoms with Crippen LogP contribution in [0.1, 0.15) is 69.3 Å². The van der Waals surface area contributed by atoms with Crippen molar-refractivity contribution in [3.05, 3.63) is 35.4 Å². The van der Waals surface area contributed by atoms with E-state index in [1.165, 1.54) is 0 Å². The van der Waals surface area contributed by atoms with Gasteiger partial charge in [0.25, 0.3) is 5.91 Å². The molecule has 176 valence electrons. The van der Waals surface area contributed by atoms with Crippen LogP contribution in [0, 0.1) is 11.8 Å². The smallest absolute Gasteiger partial charge is 0.256 e. The van der Waals surface area contributed by atoms with Gasteiger partial charge >= 0.3 is 0 Å². The van der Waals surface area contributed by atoms with Gasteiger partial charge in [0.2, 0.25) is 11.8 Å². The maximum Gasteiger partial charge on any atom is 0.256 e. The molecule has 1 fully saturated rings. The first kappa shape index (κ1) is 24.6. The van der Waals surface area contributed by atoms with Crippen LogP contribution in [0.4, 0.5) is 0 Å². The third-order valence-electron chi connectivity index (χ3n) is 6.67. The summed E-state index contributed by atoms with van der Waals surface area (Å²) in [5, 5.41) is 15.2. The lowest BCUT2D eigenvalue weighted by Crippen LogP contribution is -2.59. The maximum absolute atomic E-state index is 13.6. The Hall–Kier alpha value is -2.06. The minimum absolute atomic E-state index is 0.0592. The van der Waals surface area contributed by atoms with Gasteiger partial charge in [-0.25, -0.2) is 0 Å². The molecule has 0 spiro atoms. The van der Waals surface area contributed by atoms with Crippen molar-refractivity contribution in [2.24, 2.45) is 11.8 Å². The zero-order valence-electron chi connectivity index (χ0n) is 19.7. The number of hydrogen-bond donors (Lipinski definition) is 3. The number of aliphatic hydroxyl groups excluding tert-OH is 1. The Morgan fingerprint density at radius 1 is 1.19 bits per heavy atom. The van der Waals surface area contributed by atoms with Gasteiger partial charge in [0.15, 0.2) is 0 Å². The molecule has 3 amide bonds. The lowest BCUT2D eigenvalue weighted by molar-refractivity contribution is -0.133. The molecule has 0 saturated carbocycles. The van der Waals surface area contributed by atoms with Crippen LogP contribution in [0.15, 0.2) is 24.3 Å². The molecule has 1 aromatic carbocycles. The summed E-state index contributed by atoms with van der Waals surface area (Å²) in [5.74, 6) is -0.824. The van der Waals surface area contributed by atoms with E-state index in [1.807, 2.05) is 59.7 Å². The molecule has 3 N–H and O–H groups in total. The highest BCUT2D eigenvalue weighted by molar-refractivity contribution is 8.01. The maximum atomic E-state index is 13.6. The second kappa shape index (κ2) is 9.43. The van der Waals surface area contributed by atoms with Crippen molar-refractivity contribution < 1.29 is 19.5 Å². The molecule has 2 heterocycles. The van der Waals surface area contributed by atoms with Crippen LogP contribution in [0.25, 0.3) is 0 Å².